The Balaban J connectivity index is 0.000000190. The maximum Gasteiger partial charge on any atom is 0.313 e. The van der Waals surface area contributed by atoms with Crippen molar-refractivity contribution in [3.05, 3.63) is 110 Å². The summed E-state index contributed by atoms with van der Waals surface area (Å²) in [4.78, 5) is 122. The molecule has 3 aliphatic heterocycles. The molecular formula is C51H59FN10O12. The van der Waals surface area contributed by atoms with Gasteiger partial charge in [-0.3, -0.25) is 48.1 Å². The lowest BCUT2D eigenvalue weighted by atomic mass is 9.84. The number of cyclic esters (lactones) is 1. The molecule has 1 aliphatic carbocycles. The Morgan fingerprint density at radius 3 is 2.28 bits per heavy atom. The summed E-state index contributed by atoms with van der Waals surface area (Å²) in [5, 5.41) is 15.9. The summed E-state index contributed by atoms with van der Waals surface area (Å²) in [5.74, 6) is -4.33. The highest BCUT2D eigenvalue weighted by molar-refractivity contribution is 6.15. The van der Waals surface area contributed by atoms with Crippen molar-refractivity contribution in [2.24, 2.45) is 5.73 Å². The highest BCUT2D eigenvalue weighted by atomic mass is 19.1. The van der Waals surface area contributed by atoms with Gasteiger partial charge in [-0.15, -0.1) is 0 Å². The zero-order chi connectivity index (χ0) is 53.6. The fraction of sp³-hybridized carbons (Fsp3) is 0.392. The minimum Gasteiger partial charge on any atom is -0.460 e. The molecule has 22 nitrogen and oxygen atoms in total. The highest BCUT2D eigenvalue weighted by Gasteiger charge is 2.37. The van der Waals surface area contributed by atoms with E-state index >= 15 is 0 Å². The number of carbonyl (C=O) groups is 9. The van der Waals surface area contributed by atoms with E-state index in [0.717, 1.165) is 75.3 Å². The van der Waals surface area contributed by atoms with Gasteiger partial charge < -0.3 is 56.5 Å². The van der Waals surface area contributed by atoms with Crippen molar-refractivity contribution in [3.63, 3.8) is 0 Å². The van der Waals surface area contributed by atoms with Gasteiger partial charge in [-0.05, 0) is 73.5 Å². The Morgan fingerprint density at radius 1 is 0.905 bits per heavy atom. The van der Waals surface area contributed by atoms with Crippen molar-refractivity contribution in [1.82, 2.24) is 46.4 Å². The Morgan fingerprint density at radius 2 is 1.62 bits per heavy atom. The lowest BCUT2D eigenvalue weighted by Gasteiger charge is -2.24. The average Bonchev–Trinajstić information content (AvgIpc) is 3.94. The minimum absolute atomic E-state index is 0.0247. The normalized spacial score (nSPS) is 15.4. The zero-order valence-electron chi connectivity index (χ0n) is 41.4. The summed E-state index contributed by atoms with van der Waals surface area (Å²) in [5.41, 5.74) is 13.6. The highest BCUT2D eigenvalue weighted by Crippen LogP contribution is 2.42. The van der Waals surface area contributed by atoms with E-state index in [1.54, 1.807) is 11.6 Å². The van der Waals surface area contributed by atoms with Gasteiger partial charge in [-0.1, -0.05) is 37.3 Å². The molecule has 4 aromatic rings. The molecule has 74 heavy (non-hydrogen) atoms. The van der Waals surface area contributed by atoms with Gasteiger partial charge in [-0.25, -0.2) is 9.37 Å². The van der Waals surface area contributed by atoms with Gasteiger partial charge in [0.25, 0.3) is 17.4 Å². The van der Waals surface area contributed by atoms with Crippen LogP contribution in [-0.2, 0) is 85.0 Å². The molecule has 7 amide bonds. The lowest BCUT2D eigenvalue weighted by molar-refractivity contribution is -0.148. The number of hydrogen-bond acceptors (Lipinski definition) is 15. The number of carbonyl (C=O) groups excluding carboxylic acids is 9. The van der Waals surface area contributed by atoms with Crippen LogP contribution in [0, 0.1) is 12.7 Å². The first-order valence-corrected chi connectivity index (χ1v) is 23.9. The molecule has 0 bridgehead atoms. The number of imide groups is 1. The fourth-order valence-electron chi connectivity index (χ4n) is 9.01. The maximum atomic E-state index is 14.6. The third-order valence-corrected chi connectivity index (χ3v) is 12.7. The number of aryl methyl sites for hydroxylation is 2. The molecule has 8 N–H and O–H groups in total. The SMILES string of the molecule is CCC1C(=O)OCc2c1cc1n(c2=O)Cc2c-1nc1cc(F)c(C)c3c1c2CCC3.CNCC(=O)NC(Cc1ccccc1)C(=O)NCC(=O)NCOCC(=O)NC.NCC(C(=O)NCC=O)N1C(=O)C=CC1=O. The number of nitrogens with two attached hydrogens (primary N) is 1. The molecule has 3 unspecified atom stereocenters. The number of ether oxygens (including phenoxy) is 2. The summed E-state index contributed by atoms with van der Waals surface area (Å²) in [6, 6.07) is 10.8. The van der Waals surface area contributed by atoms with Gasteiger partial charge in [-0.2, -0.15) is 0 Å². The topological polar surface area (TPSA) is 308 Å². The van der Waals surface area contributed by atoms with Crippen LogP contribution >= 0.6 is 0 Å². The second-order valence-corrected chi connectivity index (χ2v) is 17.4. The molecule has 2 aromatic heterocycles. The van der Waals surface area contributed by atoms with E-state index in [-0.39, 0.29) is 75.3 Å². The number of fused-ring (bicyclic) bond motifs is 5. The predicted molar refractivity (Wildman–Crippen MR) is 265 cm³/mol. The van der Waals surface area contributed by atoms with Crippen LogP contribution in [0.5, 0.6) is 0 Å². The van der Waals surface area contributed by atoms with Crippen molar-refractivity contribution in [3.8, 4) is 11.4 Å². The van der Waals surface area contributed by atoms with Crippen molar-refractivity contribution in [2.75, 3.05) is 53.6 Å². The number of benzene rings is 2. The van der Waals surface area contributed by atoms with Crippen molar-refractivity contribution >= 4 is 64.5 Å². The maximum absolute atomic E-state index is 14.6. The Hall–Kier alpha value is -8.02. The van der Waals surface area contributed by atoms with Gasteiger partial charge in [0.15, 0.2) is 0 Å². The molecule has 0 saturated carbocycles. The third-order valence-electron chi connectivity index (χ3n) is 12.7. The molecule has 8 rings (SSSR count). The second kappa shape index (κ2) is 25.6. The van der Waals surface area contributed by atoms with Gasteiger partial charge in [0.05, 0.1) is 54.6 Å². The van der Waals surface area contributed by atoms with E-state index in [1.165, 1.54) is 18.7 Å². The second-order valence-electron chi connectivity index (χ2n) is 17.4. The summed E-state index contributed by atoms with van der Waals surface area (Å²) in [6.45, 7) is 3.32. The number of pyridine rings is 2. The fourth-order valence-corrected chi connectivity index (χ4v) is 9.01. The number of esters is 1. The van der Waals surface area contributed by atoms with Crippen LogP contribution in [0.2, 0.25) is 0 Å². The monoisotopic (exact) mass is 1020 g/mol. The number of aromatic nitrogens is 2. The Kier molecular flexibility index (Phi) is 19.1. The number of nitrogens with zero attached hydrogens (tertiary/aromatic N) is 3. The zero-order valence-corrected chi connectivity index (χ0v) is 41.4. The minimum atomic E-state index is -1.07. The van der Waals surface area contributed by atoms with Crippen LogP contribution in [-0.4, -0.2) is 134 Å². The van der Waals surface area contributed by atoms with Crippen LogP contribution in [0.1, 0.15) is 64.6 Å². The molecule has 0 fully saturated rings. The van der Waals surface area contributed by atoms with Crippen molar-refractivity contribution in [2.45, 2.75) is 77.1 Å². The first kappa shape index (κ1) is 55.3. The van der Waals surface area contributed by atoms with Gasteiger partial charge in [0.1, 0.15) is 44.1 Å². The van der Waals surface area contributed by atoms with Crippen molar-refractivity contribution in [1.29, 1.82) is 0 Å². The van der Waals surface area contributed by atoms with Crippen LogP contribution in [0.4, 0.5) is 4.39 Å². The van der Waals surface area contributed by atoms with E-state index in [9.17, 15) is 52.3 Å². The standard InChI is InChI=1S/C24H21FN2O3.C18H27N5O5.C9H11N3O4/c1-3-12-15-7-20-22-16(9-27(20)23(28)17(15)10-30-24(12)29)14-6-4-5-13-11(2)18(25)8-19(26-22)21(13)14;1-19-9-16(25)23-14(8-13-6-4-3-5-7-13)18(27)21-10-15(24)22-12-28-11-17(26)20-2;10-5-6(9(16)11-3-4-13)12-7(14)1-2-8(12)15/h7-8,12H,3-6,9-10H2,1-2H3;3-7,14,19H,8-12H2,1-2H3,(H,20,26)(H,21,27)(H,22,24)(H,23,25);1-2,4,6H,3,5,10H2,(H,11,16). The summed E-state index contributed by atoms with van der Waals surface area (Å²) in [7, 11) is 3.10. The van der Waals surface area contributed by atoms with E-state index in [0.29, 0.717) is 42.3 Å². The Labute approximate surface area is 424 Å². The third kappa shape index (κ3) is 12.8. The summed E-state index contributed by atoms with van der Waals surface area (Å²) >= 11 is 0. The number of nitrogens with one attached hydrogen (secondary N) is 6. The average molecular weight is 1020 g/mol. The molecule has 23 heteroatoms. The van der Waals surface area contributed by atoms with E-state index in [4.69, 9.17) is 20.2 Å². The molecule has 0 spiro atoms. The lowest BCUT2D eigenvalue weighted by Crippen LogP contribution is -2.53. The van der Waals surface area contributed by atoms with Crippen LogP contribution < -0.4 is 43.2 Å². The van der Waals surface area contributed by atoms with Crippen molar-refractivity contribution < 1.29 is 57.0 Å². The number of aldehydes is 1. The largest absolute Gasteiger partial charge is 0.460 e. The first-order chi connectivity index (χ1) is 35.6. The Bertz CT molecular complexity index is 2930. The molecule has 2 aromatic carbocycles. The summed E-state index contributed by atoms with van der Waals surface area (Å²) in [6.07, 6.45) is 6.22. The van der Waals surface area contributed by atoms with Crippen LogP contribution in [0.25, 0.3) is 22.3 Å². The van der Waals surface area contributed by atoms with Gasteiger partial charge >= 0.3 is 5.97 Å². The van der Waals surface area contributed by atoms with E-state index in [2.05, 4.69) is 31.9 Å². The molecular weight excluding hydrogens is 964 g/mol. The number of amides is 7. The van der Waals surface area contributed by atoms with Gasteiger partial charge in [0, 0.05) is 49.2 Å². The van der Waals surface area contributed by atoms with Crippen LogP contribution in [0.3, 0.4) is 0 Å². The van der Waals surface area contributed by atoms with E-state index < -0.39 is 47.5 Å². The quantitative estimate of drug-likeness (QED) is 0.0189. The molecule has 0 radical (unpaired) electrons. The number of halogens is 1. The predicted octanol–water partition coefficient (Wildman–Crippen LogP) is -0.649. The van der Waals surface area contributed by atoms with Crippen LogP contribution in [0.15, 0.2) is 59.4 Å². The molecule has 4 aliphatic rings. The number of likely N-dealkylation sites (N-methyl/N-ethyl adjacent to an activating group) is 2. The molecule has 392 valence electrons. The number of hydrogen-bond donors (Lipinski definition) is 7. The first-order valence-electron chi connectivity index (χ1n) is 23.9. The summed E-state index contributed by atoms with van der Waals surface area (Å²) < 4.78 is 26.6. The molecule has 3 atom stereocenters. The van der Waals surface area contributed by atoms with E-state index in [1.807, 2.05) is 50.2 Å². The molecule has 0 saturated heterocycles. The number of rotatable bonds is 18. The smallest absolute Gasteiger partial charge is 0.313 e. The van der Waals surface area contributed by atoms with Gasteiger partial charge in [0.2, 0.25) is 29.5 Å². The molecule has 5 heterocycles.